The third kappa shape index (κ3) is 5.23. The Balaban J connectivity index is 0.00000242. The molecule has 1 aliphatic rings. The predicted molar refractivity (Wildman–Crippen MR) is 97.1 cm³/mol. The molecular formula is C16H26Cl2FN3O. The van der Waals surface area contributed by atoms with E-state index in [9.17, 15) is 9.18 Å². The number of benzene rings is 1. The summed E-state index contributed by atoms with van der Waals surface area (Å²) in [4.78, 5) is 16.1. The molecule has 1 fully saturated rings. The molecule has 1 amide bonds. The number of rotatable bonds is 2. The molecule has 23 heavy (non-hydrogen) atoms. The van der Waals surface area contributed by atoms with Gasteiger partial charge in [0.25, 0.3) is 0 Å². The molecular weight excluding hydrogens is 340 g/mol. The fourth-order valence-electron chi connectivity index (χ4n) is 2.44. The second-order valence-electron chi connectivity index (χ2n) is 6.61. The zero-order chi connectivity index (χ0) is 15.6. The number of para-hydroxylation sites is 1. The summed E-state index contributed by atoms with van der Waals surface area (Å²) in [5.74, 6) is -0.237. The van der Waals surface area contributed by atoms with Gasteiger partial charge in [-0.2, -0.15) is 0 Å². The highest BCUT2D eigenvalue weighted by Gasteiger charge is 2.32. The number of carbonyl (C=O) groups excluding carboxylic acids is 1. The average molecular weight is 366 g/mol. The van der Waals surface area contributed by atoms with Gasteiger partial charge in [-0.25, -0.2) is 4.39 Å². The number of nitrogens with two attached hydrogens (primary N) is 1. The average Bonchev–Trinajstić information content (AvgIpc) is 2.45. The summed E-state index contributed by atoms with van der Waals surface area (Å²) in [5.41, 5.74) is 6.38. The number of carbonyl (C=O) groups is 1. The van der Waals surface area contributed by atoms with Crippen LogP contribution in [0, 0.1) is 11.2 Å². The lowest BCUT2D eigenvalue weighted by molar-refractivity contribution is -0.135. The van der Waals surface area contributed by atoms with Crippen LogP contribution in [-0.2, 0) is 4.79 Å². The number of hydrogen-bond acceptors (Lipinski definition) is 3. The highest BCUT2D eigenvalue weighted by Crippen LogP contribution is 2.22. The molecule has 1 saturated heterocycles. The van der Waals surface area contributed by atoms with Crippen LogP contribution < -0.4 is 10.6 Å². The summed E-state index contributed by atoms with van der Waals surface area (Å²) in [5, 5.41) is 0. The van der Waals surface area contributed by atoms with Gasteiger partial charge in [-0.15, -0.1) is 24.8 Å². The van der Waals surface area contributed by atoms with Crippen molar-refractivity contribution in [1.82, 2.24) is 4.90 Å². The van der Waals surface area contributed by atoms with Crippen molar-refractivity contribution in [3.63, 3.8) is 0 Å². The summed E-state index contributed by atoms with van der Waals surface area (Å²) in [6.45, 7) is 8.31. The Hall–Kier alpha value is -1.04. The monoisotopic (exact) mass is 365 g/mol. The van der Waals surface area contributed by atoms with Gasteiger partial charge in [0.1, 0.15) is 5.82 Å². The van der Waals surface area contributed by atoms with Gasteiger partial charge in [0.2, 0.25) is 5.91 Å². The van der Waals surface area contributed by atoms with Crippen molar-refractivity contribution in [2.24, 2.45) is 11.1 Å². The number of halogens is 3. The van der Waals surface area contributed by atoms with E-state index in [1.54, 1.807) is 17.0 Å². The Morgan fingerprint density at radius 1 is 1.13 bits per heavy atom. The zero-order valence-corrected chi connectivity index (χ0v) is 15.4. The largest absolute Gasteiger partial charge is 0.366 e. The molecule has 2 rings (SSSR count). The number of amides is 1. The molecule has 2 N–H and O–H groups in total. The van der Waals surface area contributed by atoms with Gasteiger partial charge in [0.05, 0.1) is 11.7 Å². The normalized spacial score (nSPS) is 16.2. The third-order valence-electron chi connectivity index (χ3n) is 3.98. The zero-order valence-electron chi connectivity index (χ0n) is 13.8. The predicted octanol–water partition coefficient (Wildman–Crippen LogP) is 2.69. The number of nitrogens with zero attached hydrogens (tertiary/aromatic N) is 2. The summed E-state index contributed by atoms with van der Waals surface area (Å²) in [6, 6.07) is 6.24. The molecule has 0 saturated carbocycles. The molecule has 1 heterocycles. The Labute approximate surface area is 150 Å². The first-order valence-corrected chi connectivity index (χ1v) is 7.34. The van der Waals surface area contributed by atoms with Crippen LogP contribution in [0.1, 0.15) is 20.8 Å². The van der Waals surface area contributed by atoms with Crippen LogP contribution in [0.5, 0.6) is 0 Å². The van der Waals surface area contributed by atoms with E-state index in [1.165, 1.54) is 6.07 Å². The van der Waals surface area contributed by atoms with E-state index in [0.717, 1.165) is 0 Å². The quantitative estimate of drug-likeness (QED) is 0.876. The Morgan fingerprint density at radius 2 is 1.65 bits per heavy atom. The topological polar surface area (TPSA) is 49.6 Å². The minimum Gasteiger partial charge on any atom is -0.366 e. The number of hydrogen-bond donors (Lipinski definition) is 1. The van der Waals surface area contributed by atoms with E-state index in [4.69, 9.17) is 5.73 Å². The van der Waals surface area contributed by atoms with Crippen LogP contribution >= 0.6 is 24.8 Å². The van der Waals surface area contributed by atoms with Gasteiger partial charge in [-0.05, 0) is 17.5 Å². The maximum absolute atomic E-state index is 13.8. The molecule has 1 aliphatic heterocycles. The van der Waals surface area contributed by atoms with Crippen molar-refractivity contribution < 1.29 is 9.18 Å². The second-order valence-corrected chi connectivity index (χ2v) is 6.61. The smallest absolute Gasteiger partial charge is 0.240 e. The molecule has 0 bridgehead atoms. The fourth-order valence-corrected chi connectivity index (χ4v) is 2.44. The second kappa shape index (κ2) is 8.71. The van der Waals surface area contributed by atoms with Crippen LogP contribution in [0.3, 0.4) is 0 Å². The summed E-state index contributed by atoms with van der Waals surface area (Å²) in [6.07, 6.45) is 0. The van der Waals surface area contributed by atoms with E-state index in [2.05, 4.69) is 0 Å². The van der Waals surface area contributed by atoms with Crippen molar-refractivity contribution in [2.75, 3.05) is 31.1 Å². The maximum atomic E-state index is 13.8. The van der Waals surface area contributed by atoms with E-state index < -0.39 is 6.04 Å². The van der Waals surface area contributed by atoms with E-state index in [0.29, 0.717) is 31.9 Å². The SMILES string of the molecule is CC(C)(C)[C@H](N)C(=O)N1CCN(c2ccccc2F)CC1.Cl.Cl. The van der Waals surface area contributed by atoms with Gasteiger partial charge < -0.3 is 15.5 Å². The first kappa shape index (κ1) is 22.0. The molecule has 1 atom stereocenters. The number of anilines is 1. The number of piperazine rings is 1. The van der Waals surface area contributed by atoms with Crippen LogP contribution in [-0.4, -0.2) is 43.0 Å². The molecule has 0 aromatic heterocycles. The van der Waals surface area contributed by atoms with Gasteiger partial charge in [0, 0.05) is 26.2 Å². The molecule has 1 aromatic rings. The Bertz CT molecular complexity index is 514. The van der Waals surface area contributed by atoms with Crippen molar-refractivity contribution in [1.29, 1.82) is 0 Å². The van der Waals surface area contributed by atoms with Crippen LogP contribution in [0.25, 0.3) is 0 Å². The molecule has 132 valence electrons. The van der Waals surface area contributed by atoms with E-state index >= 15 is 0 Å². The van der Waals surface area contributed by atoms with E-state index in [1.807, 2.05) is 31.7 Å². The highest BCUT2D eigenvalue weighted by molar-refractivity contribution is 5.85. The van der Waals surface area contributed by atoms with Gasteiger partial charge in [-0.3, -0.25) is 4.79 Å². The lowest BCUT2D eigenvalue weighted by atomic mass is 9.86. The van der Waals surface area contributed by atoms with Gasteiger partial charge in [-0.1, -0.05) is 32.9 Å². The maximum Gasteiger partial charge on any atom is 0.240 e. The van der Waals surface area contributed by atoms with Crippen molar-refractivity contribution >= 4 is 36.4 Å². The summed E-state index contributed by atoms with van der Waals surface area (Å²) in [7, 11) is 0. The van der Waals surface area contributed by atoms with Crippen LogP contribution in [0.2, 0.25) is 0 Å². The first-order chi connectivity index (χ1) is 9.80. The molecule has 0 aliphatic carbocycles. The van der Waals surface area contributed by atoms with Crippen molar-refractivity contribution in [3.8, 4) is 0 Å². The molecule has 0 spiro atoms. The summed E-state index contributed by atoms with van der Waals surface area (Å²) < 4.78 is 13.8. The standard InChI is InChI=1S/C16H24FN3O.2ClH/c1-16(2,3)14(18)15(21)20-10-8-19(9-11-20)13-7-5-4-6-12(13)17;;/h4-7,14H,8-11,18H2,1-3H3;2*1H/t14-;;/m1../s1. The minimum atomic E-state index is -0.502. The van der Waals surface area contributed by atoms with E-state index in [-0.39, 0.29) is 42.0 Å². The Kier molecular flexibility index (Phi) is 8.32. The van der Waals surface area contributed by atoms with Crippen LogP contribution in [0.4, 0.5) is 10.1 Å². The molecule has 1 aromatic carbocycles. The van der Waals surface area contributed by atoms with Crippen LogP contribution in [0.15, 0.2) is 24.3 Å². The molecule has 0 radical (unpaired) electrons. The summed E-state index contributed by atoms with van der Waals surface area (Å²) >= 11 is 0. The minimum absolute atomic E-state index is 0. The third-order valence-corrected chi connectivity index (χ3v) is 3.98. The van der Waals surface area contributed by atoms with Gasteiger partial charge in [0.15, 0.2) is 0 Å². The molecule has 7 heteroatoms. The first-order valence-electron chi connectivity index (χ1n) is 7.34. The lowest BCUT2D eigenvalue weighted by Crippen LogP contribution is -2.56. The molecule has 0 unspecified atom stereocenters. The van der Waals surface area contributed by atoms with Crippen molar-refractivity contribution in [2.45, 2.75) is 26.8 Å². The highest BCUT2D eigenvalue weighted by atomic mass is 35.5. The lowest BCUT2D eigenvalue weighted by Gasteiger charge is -2.39. The Morgan fingerprint density at radius 3 is 2.13 bits per heavy atom. The van der Waals surface area contributed by atoms with Crippen molar-refractivity contribution in [3.05, 3.63) is 30.1 Å². The fraction of sp³-hybridized carbons (Fsp3) is 0.562. The van der Waals surface area contributed by atoms with Gasteiger partial charge >= 0.3 is 0 Å². The molecule has 4 nitrogen and oxygen atoms in total.